The van der Waals surface area contributed by atoms with Gasteiger partial charge in [0.1, 0.15) is 5.82 Å². The number of rotatable bonds is 3. The third kappa shape index (κ3) is 4.16. The number of hydrogen-bond donors (Lipinski definition) is 1. The van der Waals surface area contributed by atoms with Crippen LogP contribution in [0, 0.1) is 9.39 Å². The first kappa shape index (κ1) is 16.2. The van der Waals surface area contributed by atoms with Crippen molar-refractivity contribution in [1.29, 1.82) is 0 Å². The fourth-order valence-corrected chi connectivity index (χ4v) is 2.34. The molecule has 0 aliphatic rings. The van der Waals surface area contributed by atoms with Crippen molar-refractivity contribution in [2.24, 2.45) is 5.73 Å². The summed E-state index contributed by atoms with van der Waals surface area (Å²) >= 11 is 2.16. The fourth-order valence-electron chi connectivity index (χ4n) is 1.98. The van der Waals surface area contributed by atoms with Gasteiger partial charge in [-0.25, -0.2) is 4.39 Å². The van der Waals surface area contributed by atoms with E-state index in [1.54, 1.807) is 0 Å². The van der Waals surface area contributed by atoms with E-state index in [0.29, 0.717) is 6.42 Å². The lowest BCUT2D eigenvalue weighted by Gasteiger charge is -2.15. The van der Waals surface area contributed by atoms with E-state index < -0.39 is 23.6 Å². The van der Waals surface area contributed by atoms with E-state index in [1.807, 2.05) is 24.3 Å². The molecule has 0 aliphatic heterocycles. The van der Waals surface area contributed by atoms with Crippen molar-refractivity contribution in [2.75, 3.05) is 0 Å². The summed E-state index contributed by atoms with van der Waals surface area (Å²) in [7, 11) is 0. The van der Waals surface area contributed by atoms with E-state index in [0.717, 1.165) is 21.3 Å². The molecule has 1 atom stereocenters. The largest absolute Gasteiger partial charge is 0.419 e. The highest BCUT2D eigenvalue weighted by Gasteiger charge is 2.34. The lowest BCUT2D eigenvalue weighted by molar-refractivity contribution is -0.140. The molecule has 0 radical (unpaired) electrons. The number of halogens is 5. The normalized spacial score (nSPS) is 13.2. The molecule has 0 bridgehead atoms. The van der Waals surface area contributed by atoms with Gasteiger partial charge in [-0.1, -0.05) is 18.2 Å². The van der Waals surface area contributed by atoms with Crippen LogP contribution in [0.15, 0.2) is 42.5 Å². The smallest absolute Gasteiger partial charge is 0.324 e. The van der Waals surface area contributed by atoms with Gasteiger partial charge in [-0.2, -0.15) is 13.2 Å². The SMILES string of the molecule is NC(Cc1ccc(I)cc1)c1ccc(F)c(C(F)(F)F)c1. The van der Waals surface area contributed by atoms with Crippen LogP contribution in [0.2, 0.25) is 0 Å². The van der Waals surface area contributed by atoms with Crippen molar-refractivity contribution in [3.05, 3.63) is 68.5 Å². The summed E-state index contributed by atoms with van der Waals surface area (Å²) in [5.41, 5.74) is 5.84. The van der Waals surface area contributed by atoms with Gasteiger partial charge in [-0.05, 0) is 64.4 Å². The van der Waals surface area contributed by atoms with Crippen LogP contribution in [0.3, 0.4) is 0 Å². The molecule has 6 heteroatoms. The number of hydrogen-bond acceptors (Lipinski definition) is 1. The van der Waals surface area contributed by atoms with E-state index in [4.69, 9.17) is 5.73 Å². The van der Waals surface area contributed by atoms with Crippen LogP contribution >= 0.6 is 22.6 Å². The van der Waals surface area contributed by atoms with Crippen LogP contribution in [0.5, 0.6) is 0 Å². The van der Waals surface area contributed by atoms with Crippen molar-refractivity contribution in [1.82, 2.24) is 0 Å². The average Bonchev–Trinajstić information content (AvgIpc) is 2.40. The maximum atomic E-state index is 13.2. The molecule has 21 heavy (non-hydrogen) atoms. The van der Waals surface area contributed by atoms with Crippen LogP contribution in [0.25, 0.3) is 0 Å². The Labute approximate surface area is 133 Å². The third-order valence-corrected chi connectivity index (χ3v) is 3.81. The van der Waals surface area contributed by atoms with Gasteiger partial charge in [0.2, 0.25) is 0 Å². The number of nitrogens with two attached hydrogens (primary N) is 1. The van der Waals surface area contributed by atoms with E-state index >= 15 is 0 Å². The molecule has 2 rings (SSSR count). The molecule has 0 aliphatic carbocycles. The van der Waals surface area contributed by atoms with Crippen molar-refractivity contribution in [3.63, 3.8) is 0 Å². The topological polar surface area (TPSA) is 26.0 Å². The van der Waals surface area contributed by atoms with Gasteiger partial charge in [0, 0.05) is 9.61 Å². The minimum Gasteiger partial charge on any atom is -0.324 e. The monoisotopic (exact) mass is 409 g/mol. The van der Waals surface area contributed by atoms with Gasteiger partial charge in [-0.15, -0.1) is 0 Å². The molecule has 1 unspecified atom stereocenters. The molecule has 0 amide bonds. The molecule has 0 spiro atoms. The van der Waals surface area contributed by atoms with Gasteiger partial charge in [-0.3, -0.25) is 0 Å². The van der Waals surface area contributed by atoms with Crippen LogP contribution in [0.1, 0.15) is 22.7 Å². The highest BCUT2D eigenvalue weighted by Crippen LogP contribution is 2.33. The Balaban J connectivity index is 2.23. The van der Waals surface area contributed by atoms with E-state index in [-0.39, 0.29) is 5.56 Å². The molecule has 0 aromatic heterocycles. The molecule has 0 saturated carbocycles. The summed E-state index contributed by atoms with van der Waals surface area (Å²) in [6.45, 7) is 0. The standard InChI is InChI=1S/C15H12F4IN/c16-13-6-3-10(8-12(13)15(17,18)19)14(21)7-9-1-4-11(20)5-2-9/h1-6,8,14H,7,21H2. The summed E-state index contributed by atoms with van der Waals surface area (Å²) in [6.07, 6.45) is -4.33. The Morgan fingerprint density at radius 1 is 1.05 bits per heavy atom. The highest BCUT2D eigenvalue weighted by atomic mass is 127. The van der Waals surface area contributed by atoms with Crippen LogP contribution < -0.4 is 5.73 Å². The van der Waals surface area contributed by atoms with Crippen LogP contribution in [0.4, 0.5) is 17.6 Å². The molecule has 0 heterocycles. The minimum absolute atomic E-state index is 0.266. The second kappa shape index (κ2) is 6.31. The number of benzene rings is 2. The molecule has 2 N–H and O–H groups in total. The quantitative estimate of drug-likeness (QED) is 0.578. The van der Waals surface area contributed by atoms with Gasteiger partial charge >= 0.3 is 6.18 Å². The highest BCUT2D eigenvalue weighted by molar-refractivity contribution is 14.1. The first-order valence-corrected chi connectivity index (χ1v) is 7.22. The molecule has 2 aromatic rings. The molecule has 0 saturated heterocycles. The van der Waals surface area contributed by atoms with Crippen molar-refractivity contribution in [3.8, 4) is 0 Å². The molecular formula is C15H12F4IN. The van der Waals surface area contributed by atoms with Crippen LogP contribution in [-0.4, -0.2) is 0 Å². The Hall–Kier alpha value is -1.15. The van der Waals surface area contributed by atoms with Crippen molar-refractivity contribution in [2.45, 2.75) is 18.6 Å². The number of alkyl halides is 3. The Morgan fingerprint density at radius 3 is 2.24 bits per heavy atom. The third-order valence-electron chi connectivity index (χ3n) is 3.09. The van der Waals surface area contributed by atoms with E-state index in [2.05, 4.69) is 22.6 Å². The molecule has 1 nitrogen and oxygen atoms in total. The molecule has 0 fully saturated rings. The van der Waals surface area contributed by atoms with E-state index in [9.17, 15) is 17.6 Å². The van der Waals surface area contributed by atoms with Gasteiger partial charge < -0.3 is 5.73 Å². The predicted molar refractivity (Wildman–Crippen MR) is 81.2 cm³/mol. The summed E-state index contributed by atoms with van der Waals surface area (Å²) in [6, 6.07) is 9.81. The second-order valence-corrected chi connectivity index (χ2v) is 5.92. The predicted octanol–water partition coefficient (Wildman–Crippen LogP) is 4.69. The summed E-state index contributed by atoms with van der Waals surface area (Å²) < 4.78 is 52.3. The first-order valence-electron chi connectivity index (χ1n) is 6.14. The van der Waals surface area contributed by atoms with Crippen molar-refractivity contribution >= 4 is 22.6 Å². The summed E-state index contributed by atoms with van der Waals surface area (Å²) in [5, 5.41) is 0. The Bertz CT molecular complexity index is 623. The first-order chi connectivity index (χ1) is 9.77. The van der Waals surface area contributed by atoms with Crippen molar-refractivity contribution < 1.29 is 17.6 Å². The van der Waals surface area contributed by atoms with Gasteiger partial charge in [0.15, 0.2) is 0 Å². The fraction of sp³-hybridized carbons (Fsp3) is 0.200. The molecule has 2 aromatic carbocycles. The Morgan fingerprint density at radius 2 is 1.67 bits per heavy atom. The van der Waals surface area contributed by atoms with Gasteiger partial charge in [0.25, 0.3) is 0 Å². The lowest BCUT2D eigenvalue weighted by atomic mass is 9.98. The zero-order chi connectivity index (χ0) is 15.6. The maximum absolute atomic E-state index is 13.2. The zero-order valence-electron chi connectivity index (χ0n) is 10.8. The minimum atomic E-state index is -4.72. The molecular weight excluding hydrogens is 397 g/mol. The average molecular weight is 409 g/mol. The zero-order valence-corrected chi connectivity index (χ0v) is 13.0. The maximum Gasteiger partial charge on any atom is 0.419 e. The van der Waals surface area contributed by atoms with Gasteiger partial charge in [0.05, 0.1) is 5.56 Å². The summed E-state index contributed by atoms with van der Waals surface area (Å²) in [5.74, 6) is -1.28. The molecule has 112 valence electrons. The second-order valence-electron chi connectivity index (χ2n) is 4.67. The van der Waals surface area contributed by atoms with Crippen LogP contribution in [-0.2, 0) is 12.6 Å². The Kier molecular flexibility index (Phi) is 4.88. The lowest BCUT2D eigenvalue weighted by Crippen LogP contribution is -2.16. The summed E-state index contributed by atoms with van der Waals surface area (Å²) in [4.78, 5) is 0. The van der Waals surface area contributed by atoms with E-state index in [1.165, 1.54) is 6.07 Å².